The highest BCUT2D eigenvalue weighted by Gasteiger charge is 2.33. The number of rotatable bonds is 1. The zero-order chi connectivity index (χ0) is 15.2. The molecule has 1 N–H and O–H groups in total. The average molecular weight is 312 g/mol. The number of carbonyl (C=O) groups is 1. The van der Waals surface area contributed by atoms with Crippen LogP contribution in [0.4, 0.5) is 13.2 Å². The van der Waals surface area contributed by atoms with E-state index in [1.165, 1.54) is 12.1 Å². The minimum Gasteiger partial charge on any atom is -0.348 e. The zero-order valence-electron chi connectivity index (χ0n) is 10.6. The molecule has 1 aliphatic heterocycles. The van der Waals surface area contributed by atoms with Gasteiger partial charge in [-0.05, 0) is 34.9 Å². The van der Waals surface area contributed by atoms with Crippen LogP contribution in [0.15, 0.2) is 36.4 Å². The van der Waals surface area contributed by atoms with Crippen LogP contribution in [0.25, 0.3) is 11.1 Å². The number of fused-ring (bicyclic) bond motifs is 1. The van der Waals surface area contributed by atoms with Crippen molar-refractivity contribution in [2.24, 2.45) is 0 Å². The standard InChI is InChI=1S/C15H9ClF3NO/c16-13-5-4-8(6-12(13)15(17,18)19)9-2-1-3-10-11(9)7-20-14(10)21/h1-6H,7H2,(H,20,21). The smallest absolute Gasteiger partial charge is 0.348 e. The Balaban J connectivity index is 2.17. The molecule has 6 heteroatoms. The number of nitrogens with one attached hydrogen (secondary N) is 1. The summed E-state index contributed by atoms with van der Waals surface area (Å²) < 4.78 is 38.8. The van der Waals surface area contributed by atoms with Gasteiger partial charge in [-0.2, -0.15) is 13.2 Å². The highest BCUT2D eigenvalue weighted by Crippen LogP contribution is 2.38. The van der Waals surface area contributed by atoms with Gasteiger partial charge < -0.3 is 5.32 Å². The van der Waals surface area contributed by atoms with Crippen LogP contribution in [-0.4, -0.2) is 5.91 Å². The highest BCUT2D eigenvalue weighted by molar-refractivity contribution is 6.31. The van der Waals surface area contributed by atoms with Gasteiger partial charge in [-0.15, -0.1) is 0 Å². The van der Waals surface area contributed by atoms with E-state index in [9.17, 15) is 18.0 Å². The summed E-state index contributed by atoms with van der Waals surface area (Å²) in [6.07, 6.45) is -4.51. The lowest BCUT2D eigenvalue weighted by Crippen LogP contribution is -2.12. The Morgan fingerprint density at radius 3 is 2.52 bits per heavy atom. The molecule has 0 aromatic heterocycles. The maximum Gasteiger partial charge on any atom is 0.417 e. The van der Waals surface area contributed by atoms with Crippen molar-refractivity contribution in [3.63, 3.8) is 0 Å². The van der Waals surface area contributed by atoms with Gasteiger partial charge in [0.1, 0.15) is 0 Å². The number of hydrogen-bond donors (Lipinski definition) is 1. The number of amides is 1. The minimum atomic E-state index is -4.51. The van der Waals surface area contributed by atoms with E-state index < -0.39 is 11.7 Å². The van der Waals surface area contributed by atoms with Crippen molar-refractivity contribution >= 4 is 17.5 Å². The number of hydrogen-bond acceptors (Lipinski definition) is 1. The Morgan fingerprint density at radius 2 is 1.81 bits per heavy atom. The summed E-state index contributed by atoms with van der Waals surface area (Å²) in [5.74, 6) is -0.211. The molecule has 0 saturated heterocycles. The maximum absolute atomic E-state index is 12.9. The SMILES string of the molecule is O=C1NCc2c1cccc2-c1ccc(Cl)c(C(F)(F)F)c1. The summed E-state index contributed by atoms with van der Waals surface area (Å²) in [7, 11) is 0. The molecule has 0 aliphatic carbocycles. The summed E-state index contributed by atoms with van der Waals surface area (Å²) in [4.78, 5) is 11.6. The highest BCUT2D eigenvalue weighted by atomic mass is 35.5. The Morgan fingerprint density at radius 1 is 1.10 bits per heavy atom. The van der Waals surface area contributed by atoms with Crippen LogP contribution >= 0.6 is 11.6 Å². The first kappa shape index (κ1) is 13.9. The summed E-state index contributed by atoms with van der Waals surface area (Å²) in [6.45, 7) is 0.314. The molecule has 0 bridgehead atoms. The Bertz CT molecular complexity index is 740. The van der Waals surface area contributed by atoms with Gasteiger partial charge in [0, 0.05) is 12.1 Å². The molecular weight excluding hydrogens is 303 g/mol. The van der Waals surface area contributed by atoms with Crippen LogP contribution in [0, 0.1) is 0 Å². The quantitative estimate of drug-likeness (QED) is 0.837. The second-order valence-electron chi connectivity index (χ2n) is 4.71. The van der Waals surface area contributed by atoms with E-state index in [1.54, 1.807) is 18.2 Å². The van der Waals surface area contributed by atoms with Crippen LogP contribution in [0.2, 0.25) is 5.02 Å². The summed E-state index contributed by atoms with van der Waals surface area (Å²) >= 11 is 5.62. The third kappa shape index (κ3) is 2.38. The molecule has 2 aromatic rings. The van der Waals surface area contributed by atoms with Crippen molar-refractivity contribution in [2.75, 3.05) is 0 Å². The van der Waals surface area contributed by atoms with Gasteiger partial charge >= 0.3 is 6.18 Å². The first-order valence-electron chi connectivity index (χ1n) is 6.15. The minimum absolute atomic E-state index is 0.211. The van der Waals surface area contributed by atoms with Crippen molar-refractivity contribution in [3.05, 3.63) is 58.1 Å². The van der Waals surface area contributed by atoms with Crippen molar-refractivity contribution in [3.8, 4) is 11.1 Å². The predicted molar refractivity (Wildman–Crippen MR) is 73.1 cm³/mol. The largest absolute Gasteiger partial charge is 0.417 e. The van der Waals surface area contributed by atoms with Gasteiger partial charge in [-0.3, -0.25) is 4.79 Å². The fourth-order valence-corrected chi connectivity index (χ4v) is 2.66. The lowest BCUT2D eigenvalue weighted by molar-refractivity contribution is -0.137. The number of benzene rings is 2. The molecule has 2 aromatic carbocycles. The molecule has 0 atom stereocenters. The predicted octanol–water partition coefficient (Wildman–Crippen LogP) is 4.27. The van der Waals surface area contributed by atoms with Crippen molar-refractivity contribution < 1.29 is 18.0 Å². The van der Waals surface area contributed by atoms with E-state index >= 15 is 0 Å². The molecule has 1 amide bonds. The normalized spacial score (nSPS) is 14.0. The molecule has 0 unspecified atom stereocenters. The van der Waals surface area contributed by atoms with Gasteiger partial charge in [-0.1, -0.05) is 29.8 Å². The molecule has 0 radical (unpaired) electrons. The molecular formula is C15H9ClF3NO. The lowest BCUT2D eigenvalue weighted by Gasteiger charge is -2.12. The van der Waals surface area contributed by atoms with E-state index in [4.69, 9.17) is 11.6 Å². The third-order valence-electron chi connectivity index (χ3n) is 3.43. The number of halogens is 4. The van der Waals surface area contributed by atoms with Gasteiger partial charge in [0.15, 0.2) is 0 Å². The fourth-order valence-electron chi connectivity index (χ4n) is 2.43. The van der Waals surface area contributed by atoms with Gasteiger partial charge in [0.05, 0.1) is 10.6 Å². The maximum atomic E-state index is 12.9. The summed E-state index contributed by atoms with van der Waals surface area (Å²) in [5, 5.41) is 2.32. The molecule has 2 nitrogen and oxygen atoms in total. The zero-order valence-corrected chi connectivity index (χ0v) is 11.3. The van der Waals surface area contributed by atoms with Gasteiger partial charge in [0.2, 0.25) is 0 Å². The van der Waals surface area contributed by atoms with Crippen LogP contribution in [0.5, 0.6) is 0 Å². The van der Waals surface area contributed by atoms with E-state index in [-0.39, 0.29) is 10.9 Å². The molecule has 1 heterocycles. The van der Waals surface area contributed by atoms with Crippen molar-refractivity contribution in [1.82, 2.24) is 5.32 Å². The molecule has 21 heavy (non-hydrogen) atoms. The van der Waals surface area contributed by atoms with Gasteiger partial charge in [0.25, 0.3) is 5.91 Å². The van der Waals surface area contributed by atoms with Crippen LogP contribution < -0.4 is 5.32 Å². The molecule has 108 valence electrons. The topological polar surface area (TPSA) is 29.1 Å². The van der Waals surface area contributed by atoms with E-state index in [0.29, 0.717) is 28.8 Å². The molecule has 0 saturated carbocycles. The monoisotopic (exact) mass is 311 g/mol. The number of carbonyl (C=O) groups excluding carboxylic acids is 1. The van der Waals surface area contributed by atoms with Crippen LogP contribution in [-0.2, 0) is 12.7 Å². The third-order valence-corrected chi connectivity index (χ3v) is 3.76. The Hall–Kier alpha value is -2.01. The fraction of sp³-hybridized carbons (Fsp3) is 0.133. The van der Waals surface area contributed by atoms with E-state index in [2.05, 4.69) is 5.32 Å². The first-order valence-corrected chi connectivity index (χ1v) is 6.53. The first-order chi connectivity index (χ1) is 9.88. The average Bonchev–Trinajstić information content (AvgIpc) is 2.80. The van der Waals surface area contributed by atoms with Crippen molar-refractivity contribution in [1.29, 1.82) is 0 Å². The second kappa shape index (κ2) is 4.77. The number of alkyl halides is 3. The van der Waals surface area contributed by atoms with E-state index in [1.807, 2.05) is 0 Å². The van der Waals surface area contributed by atoms with Gasteiger partial charge in [-0.25, -0.2) is 0 Å². The Kier molecular flexibility index (Phi) is 3.17. The van der Waals surface area contributed by atoms with Crippen LogP contribution in [0.3, 0.4) is 0 Å². The molecule has 0 fully saturated rings. The second-order valence-corrected chi connectivity index (χ2v) is 5.11. The van der Waals surface area contributed by atoms with Crippen molar-refractivity contribution in [2.45, 2.75) is 12.7 Å². The molecule has 1 aliphatic rings. The summed E-state index contributed by atoms with van der Waals surface area (Å²) in [6, 6.07) is 8.77. The molecule has 3 rings (SSSR count). The summed E-state index contributed by atoms with van der Waals surface area (Å²) in [5.41, 5.74) is 1.32. The lowest BCUT2D eigenvalue weighted by atomic mass is 9.95. The Labute approximate surface area is 123 Å². The van der Waals surface area contributed by atoms with Crippen LogP contribution in [0.1, 0.15) is 21.5 Å². The van der Waals surface area contributed by atoms with E-state index in [0.717, 1.165) is 6.07 Å². The molecule has 0 spiro atoms.